The Balaban J connectivity index is 1.94. The van der Waals surface area contributed by atoms with E-state index in [-0.39, 0.29) is 22.9 Å². The molecule has 2 heterocycles. The van der Waals surface area contributed by atoms with E-state index < -0.39 is 10.0 Å². The molecule has 0 aliphatic carbocycles. The molecule has 2 aliphatic rings. The van der Waals surface area contributed by atoms with Crippen molar-refractivity contribution in [3.05, 3.63) is 28.8 Å². The molecule has 2 saturated heterocycles. The first-order valence-electron chi connectivity index (χ1n) is 7.93. The van der Waals surface area contributed by atoms with Crippen LogP contribution in [0.3, 0.4) is 0 Å². The summed E-state index contributed by atoms with van der Waals surface area (Å²) in [6.07, 6.45) is 3.27. The Morgan fingerprint density at radius 1 is 1.23 bits per heavy atom. The van der Waals surface area contributed by atoms with Crippen molar-refractivity contribution in [3.8, 4) is 0 Å². The zero-order chi connectivity index (χ0) is 15.9. The van der Waals surface area contributed by atoms with Crippen molar-refractivity contribution in [1.29, 1.82) is 0 Å². The van der Waals surface area contributed by atoms with Gasteiger partial charge in [0, 0.05) is 25.2 Å². The second kappa shape index (κ2) is 6.11. The number of halogens is 1. The van der Waals surface area contributed by atoms with Gasteiger partial charge in [-0.3, -0.25) is 0 Å². The molecule has 1 N–H and O–H groups in total. The second-order valence-electron chi connectivity index (χ2n) is 6.66. The Kier molecular flexibility index (Phi) is 4.52. The minimum absolute atomic E-state index is 0.250. The van der Waals surface area contributed by atoms with Crippen molar-refractivity contribution in [1.82, 2.24) is 9.62 Å². The molecule has 22 heavy (non-hydrogen) atoms. The van der Waals surface area contributed by atoms with Crippen LogP contribution in [0.2, 0.25) is 5.02 Å². The van der Waals surface area contributed by atoms with Crippen LogP contribution in [0.5, 0.6) is 0 Å². The molecule has 2 aliphatic heterocycles. The molecule has 4 nitrogen and oxygen atoms in total. The maximum absolute atomic E-state index is 13.0. The van der Waals surface area contributed by atoms with Crippen LogP contribution in [0, 0.1) is 0 Å². The molecule has 2 fully saturated rings. The van der Waals surface area contributed by atoms with Crippen LogP contribution in [0.15, 0.2) is 23.1 Å². The minimum Gasteiger partial charge on any atom is -0.309 e. The Morgan fingerprint density at radius 2 is 1.86 bits per heavy atom. The maximum Gasteiger partial charge on any atom is 0.244 e. The number of hydrogen-bond donors (Lipinski definition) is 1. The summed E-state index contributed by atoms with van der Waals surface area (Å²) in [6.45, 7) is 5.19. The van der Waals surface area contributed by atoms with Gasteiger partial charge in [-0.15, -0.1) is 0 Å². The summed E-state index contributed by atoms with van der Waals surface area (Å²) in [7, 11) is -3.53. The van der Waals surface area contributed by atoms with Gasteiger partial charge in [0.25, 0.3) is 0 Å². The average Bonchev–Trinajstić information content (AvgIpc) is 2.46. The quantitative estimate of drug-likeness (QED) is 0.918. The average molecular weight is 343 g/mol. The molecule has 1 aromatic carbocycles. The Morgan fingerprint density at radius 3 is 2.45 bits per heavy atom. The number of benzene rings is 1. The summed E-state index contributed by atoms with van der Waals surface area (Å²) in [5.74, 6) is 0.272. The summed E-state index contributed by atoms with van der Waals surface area (Å²) in [5, 5.41) is 3.82. The molecule has 0 amide bonds. The molecule has 0 radical (unpaired) electrons. The highest BCUT2D eigenvalue weighted by Crippen LogP contribution is 2.31. The highest BCUT2D eigenvalue weighted by Gasteiger charge is 2.37. The van der Waals surface area contributed by atoms with E-state index in [4.69, 9.17) is 11.6 Å². The summed E-state index contributed by atoms with van der Waals surface area (Å²) < 4.78 is 27.7. The van der Waals surface area contributed by atoms with Crippen LogP contribution < -0.4 is 5.32 Å². The van der Waals surface area contributed by atoms with E-state index in [0.29, 0.717) is 18.1 Å². The lowest BCUT2D eigenvalue weighted by Gasteiger charge is -2.41. The molecular weight excluding hydrogens is 320 g/mol. The molecule has 0 aromatic heterocycles. The van der Waals surface area contributed by atoms with Crippen LogP contribution >= 0.6 is 11.6 Å². The summed E-state index contributed by atoms with van der Waals surface area (Å²) >= 11 is 6.20. The van der Waals surface area contributed by atoms with Crippen LogP contribution in [-0.4, -0.2) is 37.9 Å². The Bertz CT molecular complexity index is 648. The van der Waals surface area contributed by atoms with Crippen molar-refractivity contribution < 1.29 is 8.42 Å². The smallest absolute Gasteiger partial charge is 0.244 e. The first-order chi connectivity index (χ1) is 10.4. The number of sulfonamides is 1. The van der Waals surface area contributed by atoms with E-state index in [1.807, 2.05) is 6.07 Å². The van der Waals surface area contributed by atoms with E-state index >= 15 is 0 Å². The molecule has 122 valence electrons. The molecule has 2 atom stereocenters. The molecule has 0 spiro atoms. The van der Waals surface area contributed by atoms with Gasteiger partial charge >= 0.3 is 0 Å². The highest BCUT2D eigenvalue weighted by atomic mass is 35.5. The van der Waals surface area contributed by atoms with Crippen molar-refractivity contribution >= 4 is 21.6 Å². The number of nitrogens with zero attached hydrogens (tertiary/aromatic N) is 1. The lowest BCUT2D eigenvalue weighted by Crippen LogP contribution is -2.59. The molecule has 0 saturated carbocycles. The van der Waals surface area contributed by atoms with Gasteiger partial charge in [-0.05, 0) is 36.5 Å². The number of fused-ring (bicyclic) bond motifs is 2. The molecule has 6 heteroatoms. The predicted octanol–water partition coefficient (Wildman–Crippen LogP) is 2.98. The first-order valence-corrected chi connectivity index (χ1v) is 9.75. The molecule has 2 unspecified atom stereocenters. The van der Waals surface area contributed by atoms with Crippen LogP contribution in [-0.2, 0) is 10.0 Å². The van der Waals surface area contributed by atoms with E-state index in [9.17, 15) is 8.42 Å². The van der Waals surface area contributed by atoms with Crippen molar-refractivity contribution in [2.75, 3.05) is 13.1 Å². The summed E-state index contributed by atoms with van der Waals surface area (Å²) in [4.78, 5) is 0.250. The fraction of sp³-hybridized carbons (Fsp3) is 0.625. The van der Waals surface area contributed by atoms with Crippen LogP contribution in [0.1, 0.15) is 44.6 Å². The largest absolute Gasteiger partial charge is 0.309 e. The van der Waals surface area contributed by atoms with Crippen molar-refractivity contribution in [2.45, 2.75) is 56.0 Å². The van der Waals surface area contributed by atoms with Gasteiger partial charge in [0.15, 0.2) is 0 Å². The minimum atomic E-state index is -3.53. The van der Waals surface area contributed by atoms with E-state index in [1.54, 1.807) is 16.4 Å². The third-order valence-corrected chi connectivity index (χ3v) is 6.98. The summed E-state index contributed by atoms with van der Waals surface area (Å²) in [5.41, 5.74) is 0.998. The van der Waals surface area contributed by atoms with Gasteiger partial charge in [-0.25, -0.2) is 8.42 Å². The van der Waals surface area contributed by atoms with Gasteiger partial charge in [0.05, 0.1) is 5.02 Å². The van der Waals surface area contributed by atoms with E-state index in [1.165, 1.54) is 6.42 Å². The van der Waals surface area contributed by atoms with Gasteiger partial charge < -0.3 is 5.32 Å². The van der Waals surface area contributed by atoms with Gasteiger partial charge in [0.2, 0.25) is 10.0 Å². The number of piperidine rings is 1. The zero-order valence-corrected chi connectivity index (χ0v) is 14.6. The molecule has 2 bridgehead atoms. The SMILES string of the molecule is CC(C)c1ccc(Cl)c(S(=O)(=O)N2CC3CCCC(C2)N3)c1. The van der Waals surface area contributed by atoms with Crippen molar-refractivity contribution in [2.24, 2.45) is 0 Å². The molecule has 1 aromatic rings. The van der Waals surface area contributed by atoms with E-state index in [2.05, 4.69) is 19.2 Å². The van der Waals surface area contributed by atoms with Gasteiger partial charge in [0.1, 0.15) is 4.90 Å². The topological polar surface area (TPSA) is 49.4 Å². The number of hydrogen-bond acceptors (Lipinski definition) is 3. The molecular formula is C16H23ClN2O2S. The fourth-order valence-electron chi connectivity index (χ4n) is 3.38. The Labute approximate surface area is 137 Å². The van der Waals surface area contributed by atoms with E-state index in [0.717, 1.165) is 18.4 Å². The zero-order valence-electron chi connectivity index (χ0n) is 13.0. The third-order valence-electron chi connectivity index (χ3n) is 4.66. The monoisotopic (exact) mass is 342 g/mol. The van der Waals surface area contributed by atoms with Crippen LogP contribution in [0.4, 0.5) is 0 Å². The lowest BCUT2D eigenvalue weighted by atomic mass is 9.96. The van der Waals surface area contributed by atoms with Crippen LogP contribution in [0.25, 0.3) is 0 Å². The third kappa shape index (κ3) is 3.04. The molecule has 3 rings (SSSR count). The number of nitrogens with one attached hydrogen (secondary N) is 1. The standard InChI is InChI=1S/C16H23ClN2O2S/c1-11(2)12-6-7-15(17)16(8-12)22(20,21)19-9-13-4-3-5-14(10-19)18-13/h6-8,11,13-14,18H,3-5,9-10H2,1-2H3. The number of piperazine rings is 1. The van der Waals surface area contributed by atoms with Gasteiger partial charge in [-0.1, -0.05) is 37.9 Å². The lowest BCUT2D eigenvalue weighted by molar-refractivity contribution is 0.190. The van der Waals surface area contributed by atoms with Gasteiger partial charge in [-0.2, -0.15) is 4.31 Å². The first kappa shape index (κ1) is 16.2. The normalized spacial score (nSPS) is 26.4. The predicted molar refractivity (Wildman–Crippen MR) is 88.9 cm³/mol. The number of rotatable bonds is 3. The highest BCUT2D eigenvalue weighted by molar-refractivity contribution is 7.89. The maximum atomic E-state index is 13.0. The second-order valence-corrected chi connectivity index (χ2v) is 8.97. The van der Waals surface area contributed by atoms with Crippen molar-refractivity contribution in [3.63, 3.8) is 0 Å². The fourth-order valence-corrected chi connectivity index (χ4v) is 5.42. The summed E-state index contributed by atoms with van der Waals surface area (Å²) in [6, 6.07) is 5.88. The Hall–Kier alpha value is -0.620.